The number of methoxy groups -OCH3 is 1. The maximum atomic E-state index is 12.4. The van der Waals surface area contributed by atoms with Gasteiger partial charge in [0.15, 0.2) is 0 Å². The zero-order chi connectivity index (χ0) is 17.8. The highest BCUT2D eigenvalue weighted by Gasteiger charge is 2.28. The largest absolute Gasteiger partial charge is 0.497 e. The quantitative estimate of drug-likeness (QED) is 0.433. The Hall–Kier alpha value is -3.12. The molecule has 1 aromatic heterocycles. The molecule has 126 valence electrons. The molecule has 1 N–H and O–H groups in total. The van der Waals surface area contributed by atoms with Crippen LogP contribution in [0.5, 0.6) is 5.75 Å². The SMILES string of the molecule is COc1ccc(-[n+]2[nH]oc(=O)c2C(=O)/C=C/c2ccc(Cl)cc2)cc1. The van der Waals surface area contributed by atoms with Gasteiger partial charge in [-0.1, -0.05) is 29.8 Å². The van der Waals surface area contributed by atoms with Crippen LogP contribution < -0.4 is 15.0 Å². The number of hydrogen-bond acceptors (Lipinski definition) is 4. The summed E-state index contributed by atoms with van der Waals surface area (Å²) in [5.74, 6) is 0.173. The molecule has 0 unspecified atom stereocenters. The minimum atomic E-state index is -0.749. The van der Waals surface area contributed by atoms with E-state index in [9.17, 15) is 9.59 Å². The summed E-state index contributed by atoms with van der Waals surface area (Å²) >= 11 is 5.83. The molecule has 6 nitrogen and oxygen atoms in total. The van der Waals surface area contributed by atoms with Gasteiger partial charge in [-0.15, -0.1) is 0 Å². The van der Waals surface area contributed by atoms with Gasteiger partial charge in [-0.25, -0.2) is 4.79 Å². The molecule has 0 atom stereocenters. The Bertz CT molecular complexity index is 970. The van der Waals surface area contributed by atoms with Crippen LogP contribution >= 0.6 is 11.6 Å². The zero-order valence-electron chi connectivity index (χ0n) is 13.2. The number of ketones is 1. The monoisotopic (exact) mass is 357 g/mol. The van der Waals surface area contributed by atoms with Crippen LogP contribution in [0.4, 0.5) is 0 Å². The van der Waals surface area contributed by atoms with Crippen molar-refractivity contribution < 1.29 is 18.7 Å². The Morgan fingerprint density at radius 3 is 2.48 bits per heavy atom. The zero-order valence-corrected chi connectivity index (χ0v) is 14.0. The Morgan fingerprint density at radius 2 is 1.84 bits per heavy atom. The summed E-state index contributed by atoms with van der Waals surface area (Å²) in [7, 11) is 1.55. The van der Waals surface area contributed by atoms with Gasteiger partial charge in [0, 0.05) is 17.2 Å². The average Bonchev–Trinajstić information content (AvgIpc) is 3.02. The van der Waals surface area contributed by atoms with E-state index in [1.165, 1.54) is 10.8 Å². The molecule has 1 heterocycles. The van der Waals surface area contributed by atoms with Gasteiger partial charge in [-0.2, -0.15) is 0 Å². The molecule has 3 aromatic rings. The van der Waals surface area contributed by atoms with Crippen molar-refractivity contribution in [2.45, 2.75) is 0 Å². The fourth-order valence-corrected chi connectivity index (χ4v) is 2.35. The molecule has 0 aliphatic carbocycles. The lowest BCUT2D eigenvalue weighted by Gasteiger charge is -1.97. The number of aromatic nitrogens is 2. The minimum Gasteiger partial charge on any atom is -0.497 e. The first-order valence-corrected chi connectivity index (χ1v) is 7.72. The molecule has 25 heavy (non-hydrogen) atoms. The molecule has 3 rings (SSSR count). The molecule has 7 heteroatoms. The first-order chi connectivity index (χ1) is 12.1. The lowest BCUT2D eigenvalue weighted by molar-refractivity contribution is -0.672. The summed E-state index contributed by atoms with van der Waals surface area (Å²) in [4.78, 5) is 24.4. The van der Waals surface area contributed by atoms with Gasteiger partial charge in [0.2, 0.25) is 5.69 Å². The number of aromatic amines is 1. The van der Waals surface area contributed by atoms with Gasteiger partial charge in [0.05, 0.1) is 7.11 Å². The van der Waals surface area contributed by atoms with E-state index in [-0.39, 0.29) is 5.69 Å². The minimum absolute atomic E-state index is 0.129. The highest BCUT2D eigenvalue weighted by Crippen LogP contribution is 2.12. The molecule has 0 fully saturated rings. The number of halogens is 1. The van der Waals surface area contributed by atoms with Gasteiger partial charge in [0.1, 0.15) is 5.75 Å². The van der Waals surface area contributed by atoms with Crippen LogP contribution in [0.3, 0.4) is 0 Å². The molecule has 0 spiro atoms. The number of hydrogen-bond donors (Lipinski definition) is 1. The molecule has 2 aromatic carbocycles. The van der Waals surface area contributed by atoms with Crippen LogP contribution in [0, 0.1) is 0 Å². The number of ether oxygens (including phenoxy) is 1. The van der Waals surface area contributed by atoms with Gasteiger partial charge in [0.25, 0.3) is 5.78 Å². The van der Waals surface area contributed by atoms with Crippen molar-refractivity contribution >= 4 is 23.5 Å². The Morgan fingerprint density at radius 1 is 1.16 bits per heavy atom. The number of nitrogens with one attached hydrogen (secondary N) is 1. The van der Waals surface area contributed by atoms with Crippen LogP contribution in [0.2, 0.25) is 5.02 Å². The van der Waals surface area contributed by atoms with E-state index in [0.717, 1.165) is 5.56 Å². The summed E-state index contributed by atoms with van der Waals surface area (Å²) < 4.78 is 11.2. The first-order valence-electron chi connectivity index (χ1n) is 7.34. The Balaban J connectivity index is 1.91. The van der Waals surface area contributed by atoms with Crippen LogP contribution in [0.25, 0.3) is 11.8 Å². The van der Waals surface area contributed by atoms with E-state index >= 15 is 0 Å². The highest BCUT2D eigenvalue weighted by atomic mass is 35.5. The van der Waals surface area contributed by atoms with E-state index in [1.54, 1.807) is 61.7 Å². The van der Waals surface area contributed by atoms with Crippen LogP contribution in [0.15, 0.2) is 63.9 Å². The van der Waals surface area contributed by atoms with Crippen molar-refractivity contribution in [3.05, 3.63) is 81.3 Å². The second-order valence-corrected chi connectivity index (χ2v) is 5.55. The Kier molecular flexibility index (Phi) is 4.81. The third-order valence-corrected chi connectivity index (χ3v) is 3.76. The first kappa shape index (κ1) is 16.7. The summed E-state index contributed by atoms with van der Waals surface area (Å²) in [6.07, 6.45) is 2.91. The predicted molar refractivity (Wildman–Crippen MR) is 92.2 cm³/mol. The lowest BCUT2D eigenvalue weighted by Crippen LogP contribution is -2.40. The van der Waals surface area contributed by atoms with Crippen LogP contribution in [-0.4, -0.2) is 18.2 Å². The van der Waals surface area contributed by atoms with Crippen LogP contribution in [0.1, 0.15) is 16.1 Å². The molecular formula is C18H14ClN2O4+. The molecule has 0 bridgehead atoms. The van der Waals surface area contributed by atoms with E-state index in [4.69, 9.17) is 20.9 Å². The number of carbonyl (C=O) groups is 1. The Labute approximate surface area is 147 Å². The van der Waals surface area contributed by atoms with E-state index in [2.05, 4.69) is 5.27 Å². The van der Waals surface area contributed by atoms with Crippen molar-refractivity contribution in [3.8, 4) is 11.4 Å². The topological polar surface area (TPSA) is 76.2 Å². The number of benzene rings is 2. The summed E-state index contributed by atoms with van der Waals surface area (Å²) in [5, 5.41) is 3.03. The summed E-state index contributed by atoms with van der Waals surface area (Å²) in [6, 6.07) is 13.8. The summed E-state index contributed by atoms with van der Waals surface area (Å²) in [6.45, 7) is 0. The number of nitrogens with zero attached hydrogens (tertiary/aromatic N) is 1. The fraction of sp³-hybridized carbons (Fsp3) is 0.0556. The standard InChI is InChI=1S/C18H13ClN2O4/c1-24-15-9-7-14(8-10-15)21-17(18(23)25-20-21)16(22)11-4-12-2-5-13(19)6-3-12/h2-11H,1H3/p+1/b11-4+. The van der Waals surface area contributed by atoms with Crippen molar-refractivity contribution in [2.75, 3.05) is 7.11 Å². The highest BCUT2D eigenvalue weighted by molar-refractivity contribution is 6.30. The van der Waals surface area contributed by atoms with Gasteiger partial charge in [-0.05, 0) is 45.9 Å². The lowest BCUT2D eigenvalue weighted by atomic mass is 10.2. The average molecular weight is 358 g/mol. The molecule has 0 saturated carbocycles. The normalized spacial score (nSPS) is 11.0. The summed E-state index contributed by atoms with van der Waals surface area (Å²) in [5.41, 5.74) is 0.473. The third kappa shape index (κ3) is 3.70. The van der Waals surface area contributed by atoms with Crippen molar-refractivity contribution in [1.29, 1.82) is 0 Å². The molecule has 0 radical (unpaired) electrons. The van der Waals surface area contributed by atoms with Gasteiger partial charge >= 0.3 is 11.3 Å². The van der Waals surface area contributed by atoms with Gasteiger partial charge in [-0.3, -0.25) is 9.32 Å². The van der Waals surface area contributed by atoms with E-state index in [0.29, 0.717) is 16.5 Å². The predicted octanol–water partition coefficient (Wildman–Crippen LogP) is 2.80. The number of H-pyrrole nitrogens is 1. The molecule has 0 aliphatic rings. The third-order valence-electron chi connectivity index (χ3n) is 3.51. The number of allylic oxidation sites excluding steroid dienone is 1. The second-order valence-electron chi connectivity index (χ2n) is 5.11. The smallest absolute Gasteiger partial charge is 0.439 e. The number of rotatable bonds is 5. The number of carbonyl (C=O) groups excluding carboxylic acids is 1. The second kappa shape index (κ2) is 7.19. The van der Waals surface area contributed by atoms with Gasteiger partial charge < -0.3 is 4.74 Å². The van der Waals surface area contributed by atoms with Crippen molar-refractivity contribution in [1.82, 2.24) is 5.27 Å². The van der Waals surface area contributed by atoms with Crippen molar-refractivity contribution in [2.24, 2.45) is 0 Å². The van der Waals surface area contributed by atoms with E-state index in [1.807, 2.05) is 0 Å². The van der Waals surface area contributed by atoms with Crippen molar-refractivity contribution in [3.63, 3.8) is 0 Å². The van der Waals surface area contributed by atoms with Crippen LogP contribution in [-0.2, 0) is 0 Å². The molecule has 0 saturated heterocycles. The maximum Gasteiger partial charge on any atom is 0.439 e. The molecular weight excluding hydrogens is 344 g/mol. The van der Waals surface area contributed by atoms with E-state index < -0.39 is 11.4 Å². The molecule has 0 amide bonds. The fourth-order valence-electron chi connectivity index (χ4n) is 2.22. The molecule has 0 aliphatic heterocycles. The maximum absolute atomic E-state index is 12.4.